The first kappa shape index (κ1) is 12.9. The first-order valence-corrected chi connectivity index (χ1v) is 6.18. The molecule has 2 N–H and O–H groups in total. The number of aryl methyl sites for hydroxylation is 1. The Labute approximate surface area is 108 Å². The van der Waals surface area contributed by atoms with Crippen LogP contribution < -0.4 is 5.73 Å². The Bertz CT molecular complexity index is 469. The van der Waals surface area contributed by atoms with Crippen molar-refractivity contribution in [2.24, 2.45) is 0 Å². The number of rotatable bonds is 1. The van der Waals surface area contributed by atoms with Crippen LogP contribution in [0.15, 0.2) is 18.2 Å². The lowest BCUT2D eigenvalue weighted by molar-refractivity contribution is -0.0764. The summed E-state index contributed by atoms with van der Waals surface area (Å²) in [4.78, 5) is 14.3. The second-order valence-electron chi connectivity index (χ2n) is 5.41. The van der Waals surface area contributed by atoms with E-state index in [1.54, 1.807) is 12.1 Å². The van der Waals surface area contributed by atoms with Crippen LogP contribution in [0.3, 0.4) is 0 Å². The summed E-state index contributed by atoms with van der Waals surface area (Å²) in [7, 11) is 0. The fraction of sp³-hybridized carbons (Fsp3) is 0.500. The van der Waals surface area contributed by atoms with Crippen molar-refractivity contribution in [2.75, 3.05) is 25.4 Å². The van der Waals surface area contributed by atoms with E-state index in [4.69, 9.17) is 10.5 Å². The van der Waals surface area contributed by atoms with Gasteiger partial charge in [-0.3, -0.25) is 4.79 Å². The maximum atomic E-state index is 12.4. The number of benzene rings is 1. The molecule has 0 unspecified atom stereocenters. The maximum Gasteiger partial charge on any atom is 0.254 e. The van der Waals surface area contributed by atoms with Crippen LogP contribution in [-0.4, -0.2) is 36.1 Å². The van der Waals surface area contributed by atoms with Crippen LogP contribution in [0.5, 0.6) is 0 Å². The van der Waals surface area contributed by atoms with Crippen molar-refractivity contribution in [3.8, 4) is 0 Å². The fourth-order valence-electron chi connectivity index (χ4n) is 2.29. The van der Waals surface area contributed by atoms with Crippen LogP contribution in [0.2, 0.25) is 0 Å². The highest BCUT2D eigenvalue weighted by Crippen LogP contribution is 2.20. The highest BCUT2D eigenvalue weighted by Gasteiger charge is 2.30. The molecule has 1 heterocycles. The molecule has 98 valence electrons. The Hall–Kier alpha value is -1.55. The lowest BCUT2D eigenvalue weighted by Gasteiger charge is -2.38. The molecule has 0 radical (unpaired) electrons. The number of nitrogens with zero attached hydrogens (tertiary/aromatic N) is 1. The number of carbonyl (C=O) groups excluding carboxylic acids is 1. The summed E-state index contributed by atoms with van der Waals surface area (Å²) in [5, 5.41) is 0. The van der Waals surface area contributed by atoms with Crippen LogP contribution in [0.1, 0.15) is 29.8 Å². The lowest BCUT2D eigenvalue weighted by Crippen LogP contribution is -2.50. The molecule has 0 atom stereocenters. The van der Waals surface area contributed by atoms with Gasteiger partial charge in [-0.2, -0.15) is 0 Å². The van der Waals surface area contributed by atoms with Gasteiger partial charge in [0.25, 0.3) is 5.91 Å². The number of ether oxygens (including phenoxy) is 1. The van der Waals surface area contributed by atoms with Crippen LogP contribution >= 0.6 is 0 Å². The van der Waals surface area contributed by atoms with Gasteiger partial charge in [0, 0.05) is 24.3 Å². The second kappa shape index (κ2) is 4.61. The summed E-state index contributed by atoms with van der Waals surface area (Å²) in [5.74, 6) is 0.0591. The van der Waals surface area contributed by atoms with Gasteiger partial charge in [0.2, 0.25) is 0 Å². The number of nitrogen functional groups attached to an aromatic ring is 1. The van der Waals surface area contributed by atoms with E-state index in [-0.39, 0.29) is 11.5 Å². The summed E-state index contributed by atoms with van der Waals surface area (Å²) in [6.45, 7) is 7.77. The minimum atomic E-state index is -0.268. The lowest BCUT2D eigenvalue weighted by atomic mass is 10.0. The van der Waals surface area contributed by atoms with Crippen LogP contribution in [0.4, 0.5) is 5.69 Å². The molecule has 1 amide bonds. The van der Waals surface area contributed by atoms with E-state index >= 15 is 0 Å². The van der Waals surface area contributed by atoms with Gasteiger partial charge < -0.3 is 15.4 Å². The predicted molar refractivity (Wildman–Crippen MR) is 71.5 cm³/mol. The molecule has 0 aliphatic carbocycles. The minimum absolute atomic E-state index is 0.0591. The van der Waals surface area contributed by atoms with Gasteiger partial charge in [0.05, 0.1) is 12.2 Å². The summed E-state index contributed by atoms with van der Waals surface area (Å²) < 4.78 is 5.62. The van der Waals surface area contributed by atoms with E-state index in [1.165, 1.54) is 0 Å². The number of morpholine rings is 1. The highest BCUT2D eigenvalue weighted by atomic mass is 16.5. The van der Waals surface area contributed by atoms with Crippen molar-refractivity contribution in [1.29, 1.82) is 0 Å². The van der Waals surface area contributed by atoms with Crippen molar-refractivity contribution in [3.05, 3.63) is 29.3 Å². The molecule has 1 saturated heterocycles. The molecule has 1 aromatic rings. The third kappa shape index (κ3) is 2.64. The molecule has 4 nitrogen and oxygen atoms in total. The van der Waals surface area contributed by atoms with Gasteiger partial charge in [0.15, 0.2) is 0 Å². The Balaban J connectivity index is 2.20. The highest BCUT2D eigenvalue weighted by molar-refractivity contribution is 5.96. The van der Waals surface area contributed by atoms with Crippen molar-refractivity contribution >= 4 is 11.6 Å². The number of hydrogen-bond acceptors (Lipinski definition) is 3. The fourth-order valence-corrected chi connectivity index (χ4v) is 2.29. The molecule has 0 aromatic heterocycles. The number of hydrogen-bond donors (Lipinski definition) is 1. The first-order chi connectivity index (χ1) is 8.39. The van der Waals surface area contributed by atoms with E-state index in [1.807, 2.05) is 31.7 Å². The molecule has 18 heavy (non-hydrogen) atoms. The van der Waals surface area contributed by atoms with Crippen molar-refractivity contribution < 1.29 is 9.53 Å². The molecule has 4 heteroatoms. The molecule has 0 saturated carbocycles. The monoisotopic (exact) mass is 248 g/mol. The Morgan fingerprint density at radius 3 is 2.78 bits per heavy atom. The number of anilines is 1. The zero-order valence-corrected chi connectivity index (χ0v) is 11.2. The molecule has 1 aromatic carbocycles. The van der Waals surface area contributed by atoms with E-state index in [9.17, 15) is 4.79 Å². The van der Waals surface area contributed by atoms with Crippen molar-refractivity contribution in [1.82, 2.24) is 4.90 Å². The quantitative estimate of drug-likeness (QED) is 0.771. The van der Waals surface area contributed by atoms with Gasteiger partial charge in [-0.25, -0.2) is 0 Å². The van der Waals surface area contributed by atoms with Gasteiger partial charge in [0.1, 0.15) is 0 Å². The maximum absolute atomic E-state index is 12.4. The smallest absolute Gasteiger partial charge is 0.254 e. The second-order valence-corrected chi connectivity index (χ2v) is 5.41. The van der Waals surface area contributed by atoms with E-state index in [0.29, 0.717) is 25.4 Å². The summed E-state index contributed by atoms with van der Waals surface area (Å²) in [6.07, 6.45) is 0. The van der Waals surface area contributed by atoms with Crippen LogP contribution in [-0.2, 0) is 4.74 Å². The largest absolute Gasteiger partial charge is 0.399 e. The van der Waals surface area contributed by atoms with Crippen molar-refractivity contribution in [3.63, 3.8) is 0 Å². The standard InChI is InChI=1S/C14H20N2O2/c1-10-8-11(15)4-5-12(10)13(17)16-6-7-18-14(2,3)9-16/h4-5,8H,6-7,9,15H2,1-3H3. The average molecular weight is 248 g/mol. The van der Waals surface area contributed by atoms with Crippen LogP contribution in [0.25, 0.3) is 0 Å². The Kier molecular flexibility index (Phi) is 3.30. The van der Waals surface area contributed by atoms with Gasteiger partial charge >= 0.3 is 0 Å². The van der Waals surface area contributed by atoms with Gasteiger partial charge in [-0.05, 0) is 44.5 Å². The Morgan fingerprint density at radius 1 is 1.44 bits per heavy atom. The molecule has 2 rings (SSSR count). The molecular weight excluding hydrogens is 228 g/mol. The van der Waals surface area contributed by atoms with E-state index in [0.717, 1.165) is 11.1 Å². The molecule has 1 aliphatic rings. The van der Waals surface area contributed by atoms with E-state index in [2.05, 4.69) is 0 Å². The zero-order valence-electron chi connectivity index (χ0n) is 11.2. The third-order valence-corrected chi connectivity index (χ3v) is 3.19. The van der Waals surface area contributed by atoms with Crippen LogP contribution in [0, 0.1) is 6.92 Å². The first-order valence-electron chi connectivity index (χ1n) is 6.18. The number of carbonyl (C=O) groups is 1. The third-order valence-electron chi connectivity index (χ3n) is 3.19. The summed E-state index contributed by atoms with van der Waals surface area (Å²) in [6, 6.07) is 5.40. The molecule has 1 aliphatic heterocycles. The number of amides is 1. The van der Waals surface area contributed by atoms with Gasteiger partial charge in [-0.1, -0.05) is 0 Å². The predicted octanol–water partition coefficient (Wildman–Crippen LogP) is 1.83. The summed E-state index contributed by atoms with van der Waals surface area (Å²) in [5.41, 5.74) is 7.77. The molecule has 0 spiro atoms. The minimum Gasteiger partial charge on any atom is -0.399 e. The zero-order chi connectivity index (χ0) is 13.3. The Morgan fingerprint density at radius 2 is 2.17 bits per heavy atom. The summed E-state index contributed by atoms with van der Waals surface area (Å²) >= 11 is 0. The molecule has 0 bridgehead atoms. The average Bonchev–Trinajstić information content (AvgIpc) is 2.27. The topological polar surface area (TPSA) is 55.6 Å². The number of nitrogens with two attached hydrogens (primary N) is 1. The SMILES string of the molecule is Cc1cc(N)ccc1C(=O)N1CCOC(C)(C)C1. The van der Waals surface area contributed by atoms with Gasteiger partial charge in [-0.15, -0.1) is 0 Å². The molecular formula is C14H20N2O2. The van der Waals surface area contributed by atoms with Crippen molar-refractivity contribution in [2.45, 2.75) is 26.4 Å². The normalized spacial score (nSPS) is 18.7. The van der Waals surface area contributed by atoms with E-state index < -0.39 is 0 Å². The molecule has 1 fully saturated rings.